The predicted molar refractivity (Wildman–Crippen MR) is 49.5 cm³/mol. The van der Waals surface area contributed by atoms with Crippen LogP contribution in [-0.2, 0) is 0 Å². The van der Waals surface area contributed by atoms with Gasteiger partial charge < -0.3 is 16.9 Å². The lowest BCUT2D eigenvalue weighted by atomic mass is 10.2. The van der Waals surface area contributed by atoms with Gasteiger partial charge in [-0.15, -0.1) is 0 Å². The van der Waals surface area contributed by atoms with Crippen molar-refractivity contribution < 1.29 is 21.6 Å². The molecule has 0 heterocycles. The van der Waals surface area contributed by atoms with Gasteiger partial charge >= 0.3 is 0 Å². The Bertz CT molecular complexity index is 81.1. The van der Waals surface area contributed by atoms with E-state index in [0.29, 0.717) is 0 Å². The molecular weight excluding hydrogens is 177 g/mol. The molecule has 0 unspecified atom stereocenters. The van der Waals surface area contributed by atoms with Crippen molar-refractivity contribution in [2.45, 2.75) is 32.6 Å². The van der Waals surface area contributed by atoms with Crippen LogP contribution in [0, 0.1) is 0 Å². The second-order valence-electron chi connectivity index (χ2n) is 4.07. The smallest absolute Gasteiger partial charge is 0.0780 e. The van der Waals surface area contributed by atoms with Crippen LogP contribution >= 0.6 is 0 Å². The molecule has 1 nitrogen and oxygen atoms in total. The van der Waals surface area contributed by atoms with Crippen LogP contribution in [0.15, 0.2) is 0 Å². The average Bonchev–Trinajstić information content (AvgIpc) is 1.78. The van der Waals surface area contributed by atoms with Crippen LogP contribution in [-0.4, -0.2) is 32.2 Å². The van der Waals surface area contributed by atoms with Crippen LogP contribution in [0.2, 0.25) is 0 Å². The van der Waals surface area contributed by atoms with Gasteiger partial charge in [-0.3, -0.25) is 4.70 Å². The van der Waals surface area contributed by atoms with E-state index in [9.17, 15) is 0 Å². The van der Waals surface area contributed by atoms with E-state index in [1.54, 1.807) is 0 Å². The van der Waals surface area contributed by atoms with E-state index in [0.717, 1.165) is 4.48 Å². The molecule has 0 spiro atoms. The molecule has 0 radical (unpaired) electrons. The predicted octanol–water partition coefficient (Wildman–Crippen LogP) is -0.571. The molecule has 0 rings (SSSR count). The van der Waals surface area contributed by atoms with Gasteiger partial charge in [0.1, 0.15) is 0 Å². The van der Waals surface area contributed by atoms with Crippen LogP contribution in [0.5, 0.6) is 0 Å². The largest absolute Gasteiger partial charge is 1.00 e. The van der Waals surface area contributed by atoms with E-state index in [4.69, 9.17) is 0 Å². The molecule has 0 aliphatic rings. The molecule has 12 heavy (non-hydrogen) atoms. The summed E-state index contributed by atoms with van der Waals surface area (Å²) in [6.45, 7) is 3.58. The highest BCUT2D eigenvalue weighted by molar-refractivity contribution is 4.38. The summed E-state index contributed by atoms with van der Waals surface area (Å²) >= 11 is 0. The van der Waals surface area contributed by atoms with Crippen molar-refractivity contribution in [1.29, 1.82) is 0 Å². The van der Waals surface area contributed by atoms with Crippen molar-refractivity contribution in [2.75, 3.05) is 27.7 Å². The molecule has 0 fully saturated rings. The van der Waals surface area contributed by atoms with Gasteiger partial charge in [-0.25, -0.2) is 0 Å². The first kappa shape index (κ1) is 18.1. The number of halogens is 2. The van der Waals surface area contributed by atoms with E-state index in [1.807, 2.05) is 0 Å². The molecule has 0 aliphatic carbocycles. The first-order chi connectivity index (χ1) is 4.56. The van der Waals surface area contributed by atoms with Gasteiger partial charge in [0, 0.05) is 0 Å². The summed E-state index contributed by atoms with van der Waals surface area (Å²) in [6, 6.07) is 0. The molecule has 0 bridgehead atoms. The van der Waals surface area contributed by atoms with Gasteiger partial charge in [-0.1, -0.05) is 19.8 Å². The monoisotopic (exact) mass is 199 g/mol. The number of hydrogen-bond donors (Lipinski definition) is 0. The highest BCUT2D eigenvalue weighted by Crippen LogP contribution is 2.01. The zero-order valence-electron chi connectivity index (χ0n) is 8.77. The van der Waals surface area contributed by atoms with E-state index >= 15 is 0 Å². The first-order valence-electron chi connectivity index (χ1n) is 4.36. The Balaban J connectivity index is -0.000000405. The Morgan fingerprint density at radius 2 is 1.42 bits per heavy atom. The van der Waals surface area contributed by atoms with Gasteiger partial charge in [0.05, 0.1) is 27.7 Å². The summed E-state index contributed by atoms with van der Waals surface area (Å²) in [6.07, 6.45) is 5.54. The van der Waals surface area contributed by atoms with Crippen LogP contribution < -0.4 is 12.4 Å². The average molecular weight is 200 g/mol. The highest BCUT2D eigenvalue weighted by atomic mass is 35.5. The minimum atomic E-state index is 0. The quantitative estimate of drug-likeness (QED) is 0.411. The van der Waals surface area contributed by atoms with E-state index < -0.39 is 0 Å². The van der Waals surface area contributed by atoms with Crippen molar-refractivity contribution in [3.8, 4) is 0 Å². The molecular formula is C9H23ClFN. The lowest BCUT2D eigenvalue weighted by molar-refractivity contribution is -0.870. The molecule has 0 aliphatic heterocycles. The molecule has 0 aromatic carbocycles. The van der Waals surface area contributed by atoms with Crippen molar-refractivity contribution in [1.82, 2.24) is 0 Å². The van der Waals surface area contributed by atoms with Crippen LogP contribution in [0.4, 0.5) is 4.70 Å². The van der Waals surface area contributed by atoms with E-state index in [1.165, 1.54) is 32.2 Å². The number of hydrogen-bond acceptors (Lipinski definition) is 0. The Morgan fingerprint density at radius 3 is 1.75 bits per heavy atom. The lowest BCUT2D eigenvalue weighted by Gasteiger charge is -2.23. The fourth-order valence-corrected chi connectivity index (χ4v) is 1.01. The first-order valence-corrected chi connectivity index (χ1v) is 4.36. The second kappa shape index (κ2) is 9.27. The molecule has 0 amide bonds. The minimum absolute atomic E-state index is 0. The van der Waals surface area contributed by atoms with Gasteiger partial charge in [-0.05, 0) is 12.8 Å². The Morgan fingerprint density at radius 1 is 0.917 bits per heavy atom. The summed E-state index contributed by atoms with van der Waals surface area (Å²) in [7, 11) is 6.77. The highest BCUT2D eigenvalue weighted by Gasteiger charge is 2.04. The lowest BCUT2D eigenvalue weighted by Crippen LogP contribution is -3.00. The van der Waals surface area contributed by atoms with Gasteiger partial charge in [0.15, 0.2) is 0 Å². The molecule has 0 aromatic rings. The van der Waals surface area contributed by atoms with Crippen molar-refractivity contribution >= 4 is 0 Å². The maximum atomic E-state index is 2.26. The SMILES string of the molecule is CCCCCC[N+](C)(C)C.F.[Cl-]. The summed E-state index contributed by atoms with van der Waals surface area (Å²) in [5.41, 5.74) is 0. The topological polar surface area (TPSA) is 0 Å². The molecule has 0 saturated carbocycles. The van der Waals surface area contributed by atoms with Crippen LogP contribution in [0.3, 0.4) is 0 Å². The Labute approximate surface area is 82.5 Å². The maximum Gasteiger partial charge on any atom is 0.0780 e. The van der Waals surface area contributed by atoms with Gasteiger partial charge in [0.25, 0.3) is 0 Å². The standard InChI is InChI=1S/C9H22N.ClH.FH/c1-5-6-7-8-9-10(2,3)4;;/h5-9H2,1-4H3;2*1H/q+1;;/p-1. The molecule has 3 heteroatoms. The third-order valence-corrected chi connectivity index (χ3v) is 1.68. The fraction of sp³-hybridized carbons (Fsp3) is 1.00. The van der Waals surface area contributed by atoms with E-state index in [-0.39, 0.29) is 17.1 Å². The van der Waals surface area contributed by atoms with Crippen molar-refractivity contribution in [2.24, 2.45) is 0 Å². The number of unbranched alkanes of at least 4 members (excludes halogenated alkanes) is 3. The molecule has 0 saturated heterocycles. The number of rotatable bonds is 5. The summed E-state index contributed by atoms with van der Waals surface area (Å²) in [4.78, 5) is 0. The fourth-order valence-electron chi connectivity index (χ4n) is 1.01. The maximum absolute atomic E-state index is 2.26. The number of nitrogens with zero attached hydrogens (tertiary/aromatic N) is 1. The van der Waals surface area contributed by atoms with E-state index in [2.05, 4.69) is 28.1 Å². The van der Waals surface area contributed by atoms with Crippen LogP contribution in [0.1, 0.15) is 32.6 Å². The number of quaternary nitrogens is 1. The summed E-state index contributed by atoms with van der Waals surface area (Å²) < 4.78 is 1.11. The summed E-state index contributed by atoms with van der Waals surface area (Å²) in [5, 5.41) is 0. The van der Waals surface area contributed by atoms with Gasteiger partial charge in [0.2, 0.25) is 0 Å². The molecule has 0 atom stereocenters. The zero-order valence-corrected chi connectivity index (χ0v) is 9.52. The molecule has 0 N–H and O–H groups in total. The third-order valence-electron chi connectivity index (χ3n) is 1.68. The Kier molecular flexibility index (Phi) is 14.0. The minimum Gasteiger partial charge on any atom is -1.00 e. The van der Waals surface area contributed by atoms with Crippen molar-refractivity contribution in [3.63, 3.8) is 0 Å². The Hall–Kier alpha value is 0.180. The van der Waals surface area contributed by atoms with Crippen LogP contribution in [0.25, 0.3) is 0 Å². The second-order valence-corrected chi connectivity index (χ2v) is 4.07. The normalized spacial score (nSPS) is 10.0. The molecule has 78 valence electrons. The molecule has 0 aromatic heterocycles. The zero-order chi connectivity index (χ0) is 8.04. The third kappa shape index (κ3) is 16.6. The van der Waals surface area contributed by atoms with Crippen molar-refractivity contribution in [3.05, 3.63) is 0 Å². The summed E-state index contributed by atoms with van der Waals surface area (Å²) in [5.74, 6) is 0. The van der Waals surface area contributed by atoms with Gasteiger partial charge in [-0.2, -0.15) is 0 Å².